The number of aromatic nitrogens is 2. The van der Waals surface area contributed by atoms with E-state index < -0.39 is 0 Å². The predicted octanol–water partition coefficient (Wildman–Crippen LogP) is 17.5. The van der Waals surface area contributed by atoms with Gasteiger partial charge in [-0.2, -0.15) is 0 Å². The Morgan fingerprint density at radius 1 is 0.446 bits per heavy atom. The van der Waals surface area contributed by atoms with E-state index in [-0.39, 0.29) is 0 Å². The number of nitrogens with zero attached hydrogens (tertiary/aromatic N) is 2. The Labute approximate surface area is 383 Å². The van der Waals surface area contributed by atoms with Gasteiger partial charge in [-0.1, -0.05) is 146 Å². The molecule has 0 saturated heterocycles. The lowest BCUT2D eigenvalue weighted by Crippen LogP contribution is -2.00. The van der Waals surface area contributed by atoms with Crippen molar-refractivity contribution >= 4 is 77.1 Å². The first-order valence-corrected chi connectivity index (χ1v) is 23.2. The summed E-state index contributed by atoms with van der Waals surface area (Å²) >= 11 is 1.86. The standard InChI is InChI=1S/C62H44N2S/c1-2-3-5-25-51-39-50-38-49(48-23-14-22-47(37-48)46-21-13-20-45(36-46)44-19-12-18-43(35-44)42-16-6-4-7-17-42)24-15-29-58(50)63(51)52-31-33-60-56(40-52)54-26-8-10-28-59(54)64(60)53-32-34-62-57(41-53)55-27-9-11-30-61(55)65-62/h2-23,25-41H,24H2,1H3/b3-2-,25-5-. The number of allylic oxidation sites excluding steroid dienone is 5. The third-order valence-corrected chi connectivity index (χ3v) is 14.0. The summed E-state index contributed by atoms with van der Waals surface area (Å²) in [6.07, 6.45) is 16.4. The van der Waals surface area contributed by atoms with E-state index in [9.17, 15) is 0 Å². The van der Waals surface area contributed by atoms with Crippen molar-refractivity contribution in [2.24, 2.45) is 0 Å². The van der Waals surface area contributed by atoms with E-state index in [4.69, 9.17) is 0 Å². The number of hydrogen-bond donors (Lipinski definition) is 0. The van der Waals surface area contributed by atoms with E-state index in [0.29, 0.717) is 0 Å². The largest absolute Gasteiger partial charge is 0.310 e. The molecule has 65 heavy (non-hydrogen) atoms. The van der Waals surface area contributed by atoms with E-state index in [1.807, 2.05) is 11.3 Å². The van der Waals surface area contributed by atoms with Crippen molar-refractivity contribution in [1.29, 1.82) is 0 Å². The number of thiophene rings is 1. The molecule has 3 heterocycles. The smallest absolute Gasteiger partial charge is 0.0542 e. The first kappa shape index (κ1) is 38.7. The quantitative estimate of drug-likeness (QED) is 0.135. The highest BCUT2D eigenvalue weighted by atomic mass is 32.1. The van der Waals surface area contributed by atoms with Crippen LogP contribution in [0.5, 0.6) is 0 Å². The topological polar surface area (TPSA) is 9.86 Å². The van der Waals surface area contributed by atoms with Gasteiger partial charge in [0.05, 0.1) is 16.7 Å². The molecular formula is C62H44N2S. The predicted molar refractivity (Wildman–Crippen MR) is 281 cm³/mol. The van der Waals surface area contributed by atoms with Gasteiger partial charge < -0.3 is 9.13 Å². The first-order valence-electron chi connectivity index (χ1n) is 22.4. The molecule has 3 aromatic heterocycles. The van der Waals surface area contributed by atoms with Gasteiger partial charge in [-0.15, -0.1) is 11.3 Å². The molecule has 0 aliphatic heterocycles. The van der Waals surface area contributed by atoms with E-state index in [1.165, 1.54) is 103 Å². The Bertz CT molecular complexity index is 3750. The van der Waals surface area contributed by atoms with Crippen LogP contribution < -0.4 is 0 Å². The van der Waals surface area contributed by atoms with Crippen molar-refractivity contribution in [3.05, 3.63) is 241 Å². The molecule has 1 aliphatic rings. The van der Waals surface area contributed by atoms with Crippen LogP contribution in [0.4, 0.5) is 0 Å². The van der Waals surface area contributed by atoms with Crippen molar-refractivity contribution in [2.45, 2.75) is 13.3 Å². The SMILES string of the molecule is C/C=C\C=C/c1cc2c(n1-c1ccc3c(c1)c1ccccc1n3-c1ccc3sc4ccccc4c3c1)C=CCC(c1cccc(-c3cccc(-c4cccc(-c5ccccc5)c4)c3)c1)=C2. The highest BCUT2D eigenvalue weighted by molar-refractivity contribution is 7.25. The summed E-state index contributed by atoms with van der Waals surface area (Å²) in [4.78, 5) is 0. The molecule has 0 unspecified atom stereocenters. The van der Waals surface area contributed by atoms with Crippen molar-refractivity contribution < 1.29 is 0 Å². The van der Waals surface area contributed by atoms with E-state index >= 15 is 0 Å². The van der Waals surface area contributed by atoms with Crippen molar-refractivity contribution in [3.8, 4) is 44.8 Å². The van der Waals surface area contributed by atoms with E-state index in [0.717, 1.165) is 17.8 Å². The summed E-state index contributed by atoms with van der Waals surface area (Å²) < 4.78 is 7.50. The molecule has 11 aromatic rings. The van der Waals surface area contributed by atoms with Crippen LogP contribution in [-0.4, -0.2) is 9.13 Å². The number of para-hydroxylation sites is 1. The normalized spacial score (nSPS) is 12.8. The molecule has 8 aromatic carbocycles. The average molecular weight is 849 g/mol. The Kier molecular flexibility index (Phi) is 9.69. The van der Waals surface area contributed by atoms with Crippen LogP contribution in [0.2, 0.25) is 0 Å². The lowest BCUT2D eigenvalue weighted by Gasteiger charge is -2.12. The van der Waals surface area contributed by atoms with Gasteiger partial charge in [-0.25, -0.2) is 0 Å². The number of fused-ring (bicyclic) bond motifs is 7. The minimum atomic E-state index is 0.838. The molecule has 1 aliphatic carbocycles. The van der Waals surface area contributed by atoms with Gasteiger partial charge in [0, 0.05) is 53.6 Å². The molecule has 0 N–H and O–H groups in total. The molecule has 0 radical (unpaired) electrons. The van der Waals surface area contributed by atoms with Gasteiger partial charge >= 0.3 is 0 Å². The summed E-state index contributed by atoms with van der Waals surface area (Å²) in [5, 5.41) is 5.10. The fourth-order valence-corrected chi connectivity index (χ4v) is 10.9. The average Bonchev–Trinajstić information content (AvgIpc) is 3.97. The van der Waals surface area contributed by atoms with Gasteiger partial charge in [-0.3, -0.25) is 0 Å². The van der Waals surface area contributed by atoms with Crippen LogP contribution in [0.1, 0.15) is 35.9 Å². The van der Waals surface area contributed by atoms with Gasteiger partial charge in [0.2, 0.25) is 0 Å². The molecule has 3 heteroatoms. The lowest BCUT2D eigenvalue weighted by molar-refractivity contribution is 1.05. The third kappa shape index (κ3) is 6.98. The van der Waals surface area contributed by atoms with Crippen LogP contribution in [-0.2, 0) is 0 Å². The molecule has 0 amide bonds. The zero-order chi connectivity index (χ0) is 43.3. The summed E-state index contributed by atoms with van der Waals surface area (Å²) in [6, 6.07) is 71.3. The molecule has 0 atom stereocenters. The number of benzene rings is 8. The van der Waals surface area contributed by atoms with Crippen LogP contribution in [0.15, 0.2) is 218 Å². The zero-order valence-corrected chi connectivity index (χ0v) is 36.8. The third-order valence-electron chi connectivity index (χ3n) is 12.9. The Hall–Kier alpha value is -7.98. The number of hydrogen-bond acceptors (Lipinski definition) is 1. The lowest BCUT2D eigenvalue weighted by atomic mass is 9.94. The second-order valence-electron chi connectivity index (χ2n) is 16.8. The fourth-order valence-electron chi connectivity index (χ4n) is 9.79. The van der Waals surface area contributed by atoms with Gasteiger partial charge in [0.1, 0.15) is 0 Å². The molecule has 2 nitrogen and oxygen atoms in total. The molecule has 0 bridgehead atoms. The Balaban J connectivity index is 0.930. The van der Waals surface area contributed by atoms with Crippen LogP contribution in [0.25, 0.3) is 111 Å². The molecule has 0 fully saturated rings. The van der Waals surface area contributed by atoms with Crippen molar-refractivity contribution in [3.63, 3.8) is 0 Å². The van der Waals surface area contributed by atoms with Gasteiger partial charge in [0.25, 0.3) is 0 Å². The summed E-state index contributed by atoms with van der Waals surface area (Å²) in [6.45, 7) is 2.06. The minimum Gasteiger partial charge on any atom is -0.310 e. The molecule has 12 rings (SSSR count). The van der Waals surface area contributed by atoms with Crippen molar-refractivity contribution in [2.75, 3.05) is 0 Å². The molecular weight excluding hydrogens is 805 g/mol. The maximum absolute atomic E-state index is 2.44. The highest BCUT2D eigenvalue weighted by Crippen LogP contribution is 2.40. The van der Waals surface area contributed by atoms with Crippen LogP contribution in [0.3, 0.4) is 0 Å². The fraction of sp³-hybridized carbons (Fsp3) is 0.0323. The van der Waals surface area contributed by atoms with E-state index in [1.54, 1.807) is 0 Å². The first-order chi connectivity index (χ1) is 32.2. The molecule has 0 saturated carbocycles. The van der Waals surface area contributed by atoms with Gasteiger partial charge in [-0.05, 0) is 149 Å². The maximum Gasteiger partial charge on any atom is 0.0542 e. The van der Waals surface area contributed by atoms with Gasteiger partial charge in [0.15, 0.2) is 0 Å². The summed E-state index contributed by atoms with van der Waals surface area (Å²) in [7, 11) is 0. The Morgan fingerprint density at radius 3 is 1.80 bits per heavy atom. The van der Waals surface area contributed by atoms with Crippen LogP contribution in [0, 0.1) is 0 Å². The number of rotatable bonds is 8. The molecule has 308 valence electrons. The summed E-state index contributed by atoms with van der Waals surface area (Å²) in [5.74, 6) is 0. The van der Waals surface area contributed by atoms with Crippen LogP contribution >= 0.6 is 11.3 Å². The Morgan fingerprint density at radius 2 is 1.03 bits per heavy atom. The minimum absolute atomic E-state index is 0.838. The second kappa shape index (κ2) is 16.3. The highest BCUT2D eigenvalue weighted by Gasteiger charge is 2.19. The second-order valence-corrected chi connectivity index (χ2v) is 17.9. The zero-order valence-electron chi connectivity index (χ0n) is 36.0. The molecule has 0 spiro atoms. The maximum atomic E-state index is 2.44. The summed E-state index contributed by atoms with van der Waals surface area (Å²) in [5.41, 5.74) is 18.1. The van der Waals surface area contributed by atoms with E-state index in [2.05, 4.69) is 253 Å². The monoisotopic (exact) mass is 848 g/mol. The van der Waals surface area contributed by atoms with Crippen molar-refractivity contribution in [1.82, 2.24) is 9.13 Å².